The van der Waals surface area contributed by atoms with E-state index in [0.717, 1.165) is 19.1 Å². The Morgan fingerprint density at radius 2 is 1.74 bits per heavy atom. The number of hydrogen-bond acceptors (Lipinski definition) is 9. The molecule has 1 aromatic heterocycles. The largest absolute Gasteiger partial charge is 0.668 e. The third-order valence-corrected chi connectivity index (χ3v) is 6.45. The summed E-state index contributed by atoms with van der Waals surface area (Å²) in [5.41, 5.74) is 6.65. The number of carbonyl (C=O) groups is 5. The minimum absolute atomic E-state index is 0. The second-order valence-electron chi connectivity index (χ2n) is 10.0. The minimum atomic E-state index is -0.911. The number of aromatic nitrogens is 1. The van der Waals surface area contributed by atoms with Crippen LogP contribution in [0.25, 0.3) is 16.3 Å². The van der Waals surface area contributed by atoms with Crippen LogP contribution in [0, 0.1) is 11.3 Å². The number of rotatable bonds is 12. The van der Waals surface area contributed by atoms with Crippen molar-refractivity contribution in [2.45, 2.75) is 47.5 Å². The molecule has 14 heteroatoms. The first-order chi connectivity index (χ1) is 19.6. The monoisotopic (exact) mass is 689 g/mol. The molecule has 5 N–H and O–H groups in total. The zero-order chi connectivity index (χ0) is 32.0. The SMILES string of the molecule is C=C(NC(=O)/C(=C\C)NC(=O)c1csc(-c2ccc(NC(=O)C(C)(C)CO)cc2)n1)C(=O)OC.CC(C)CCC([NH-])=O.[Y]. The Morgan fingerprint density at radius 1 is 1.14 bits per heavy atom. The summed E-state index contributed by atoms with van der Waals surface area (Å²) in [6.07, 6.45) is 2.64. The summed E-state index contributed by atoms with van der Waals surface area (Å²) >= 11 is 1.23. The predicted octanol–water partition coefficient (Wildman–Crippen LogP) is 4.20. The molecule has 12 nitrogen and oxygen atoms in total. The summed E-state index contributed by atoms with van der Waals surface area (Å²) in [4.78, 5) is 62.7. The van der Waals surface area contributed by atoms with Gasteiger partial charge in [-0.25, -0.2) is 9.78 Å². The molecule has 0 saturated carbocycles. The maximum atomic E-state index is 12.6. The first kappa shape index (κ1) is 39.7. The molecule has 2 rings (SSSR count). The van der Waals surface area contributed by atoms with Gasteiger partial charge in [0.2, 0.25) is 5.91 Å². The van der Waals surface area contributed by atoms with Gasteiger partial charge in [-0.2, -0.15) is 0 Å². The first-order valence-corrected chi connectivity index (χ1v) is 13.8. The molecule has 0 spiro atoms. The van der Waals surface area contributed by atoms with Gasteiger partial charge in [-0.05, 0) is 63.8 Å². The Kier molecular flexibility index (Phi) is 17.7. The maximum absolute atomic E-state index is 12.6. The molecule has 43 heavy (non-hydrogen) atoms. The van der Waals surface area contributed by atoms with Crippen molar-refractivity contribution < 1.29 is 66.5 Å². The Bertz CT molecular complexity index is 1320. The number of allylic oxidation sites excluding steroid dienone is 1. The molecule has 231 valence electrons. The molecule has 1 radical (unpaired) electrons. The van der Waals surface area contributed by atoms with E-state index < -0.39 is 29.1 Å². The van der Waals surface area contributed by atoms with Crippen molar-refractivity contribution in [2.75, 3.05) is 19.0 Å². The molecule has 1 aromatic carbocycles. The number of ether oxygens (including phenoxy) is 1. The Morgan fingerprint density at radius 3 is 2.21 bits per heavy atom. The zero-order valence-electron chi connectivity index (χ0n) is 25.2. The normalized spacial score (nSPS) is 10.8. The van der Waals surface area contributed by atoms with Crippen molar-refractivity contribution in [3.05, 3.63) is 65.1 Å². The number of carbonyl (C=O) groups excluding carboxylic acids is 5. The summed E-state index contributed by atoms with van der Waals surface area (Å²) in [7, 11) is 1.15. The van der Waals surface area contributed by atoms with E-state index in [2.05, 4.69) is 32.3 Å². The Hall–Kier alpha value is -3.26. The van der Waals surface area contributed by atoms with Crippen molar-refractivity contribution in [3.63, 3.8) is 0 Å². The average Bonchev–Trinajstić information content (AvgIpc) is 3.45. The number of nitrogens with zero attached hydrogens (tertiary/aromatic N) is 1. The molecule has 0 aliphatic carbocycles. The van der Waals surface area contributed by atoms with Gasteiger partial charge in [0.1, 0.15) is 22.1 Å². The molecule has 0 atom stereocenters. The second kappa shape index (κ2) is 19.1. The van der Waals surface area contributed by atoms with Crippen LogP contribution in [0.4, 0.5) is 5.69 Å². The third-order valence-electron chi connectivity index (χ3n) is 5.56. The summed E-state index contributed by atoms with van der Waals surface area (Å²) < 4.78 is 4.47. The molecule has 4 amide bonds. The van der Waals surface area contributed by atoms with Gasteiger partial charge in [0.05, 0.1) is 19.1 Å². The standard InChI is InChI=1S/C23H26N4O6S.C6H13NO.Y/c1-6-16(18(29)24-13(2)21(31)33-5)26-19(30)17-11-34-20(27-17)14-7-9-15(10-8-14)25-22(32)23(3,4)12-28;1-5(2)3-4-6(7)8;/h6-11,28H,2,12H2,1,3-5H3,(H,24,29)(H,25,32)(H,26,30);5H,3-4H2,1-2H3,(H2,7,8);/p-1/b16-6+;;. The first-order valence-electron chi connectivity index (χ1n) is 12.9. The van der Waals surface area contributed by atoms with Crippen molar-refractivity contribution in [3.8, 4) is 10.6 Å². The number of benzene rings is 1. The summed E-state index contributed by atoms with van der Waals surface area (Å²) in [6, 6.07) is 6.87. The van der Waals surface area contributed by atoms with E-state index >= 15 is 0 Å². The van der Waals surface area contributed by atoms with Gasteiger partial charge < -0.3 is 36.3 Å². The summed E-state index contributed by atoms with van der Waals surface area (Å²) in [5.74, 6) is -2.35. The number of esters is 1. The molecule has 0 aliphatic rings. The fourth-order valence-corrected chi connectivity index (χ4v) is 3.63. The van der Waals surface area contributed by atoms with Crippen molar-refractivity contribution in [2.24, 2.45) is 11.3 Å². The molecule has 1 heterocycles. The van der Waals surface area contributed by atoms with Crippen LogP contribution >= 0.6 is 11.3 Å². The number of anilines is 1. The van der Waals surface area contributed by atoms with Crippen molar-refractivity contribution in [1.82, 2.24) is 15.6 Å². The molecular formula is C29H38N5O7SY-. The van der Waals surface area contributed by atoms with E-state index in [9.17, 15) is 29.1 Å². The van der Waals surface area contributed by atoms with E-state index in [1.807, 2.05) is 13.8 Å². The summed E-state index contributed by atoms with van der Waals surface area (Å²) in [6.45, 7) is 12.0. The van der Waals surface area contributed by atoms with Gasteiger partial charge in [-0.1, -0.05) is 26.5 Å². The van der Waals surface area contributed by atoms with Crippen LogP contribution in [0.5, 0.6) is 0 Å². The van der Waals surface area contributed by atoms with Gasteiger partial charge in [0, 0.05) is 55.2 Å². The number of thiazole rings is 1. The molecule has 0 aliphatic heterocycles. The van der Waals surface area contributed by atoms with Crippen LogP contribution in [-0.2, 0) is 56.6 Å². The van der Waals surface area contributed by atoms with Crippen LogP contribution in [0.3, 0.4) is 0 Å². The number of aliphatic hydroxyl groups excluding tert-OH is 1. The van der Waals surface area contributed by atoms with Crippen LogP contribution < -0.4 is 16.0 Å². The minimum Gasteiger partial charge on any atom is -0.668 e. The smallest absolute Gasteiger partial charge is 0.353 e. The molecule has 0 unspecified atom stereocenters. The van der Waals surface area contributed by atoms with Gasteiger partial charge in [0.25, 0.3) is 11.8 Å². The molecule has 2 aromatic rings. The maximum Gasteiger partial charge on any atom is 0.353 e. The summed E-state index contributed by atoms with van der Waals surface area (Å²) in [5, 5.41) is 18.8. The van der Waals surface area contributed by atoms with Crippen LogP contribution in [0.1, 0.15) is 57.9 Å². The quantitative estimate of drug-likeness (QED) is 0.189. The van der Waals surface area contributed by atoms with Crippen LogP contribution in [0.15, 0.2) is 53.7 Å². The van der Waals surface area contributed by atoms with Gasteiger partial charge >= 0.3 is 5.97 Å². The Labute approximate surface area is 280 Å². The fourth-order valence-electron chi connectivity index (χ4n) is 2.82. The number of methoxy groups -OCH3 is 1. The number of hydrogen-bond donors (Lipinski definition) is 4. The molecule has 0 fully saturated rings. The fraction of sp³-hybridized carbons (Fsp3) is 0.379. The Balaban J connectivity index is 0.00000172. The predicted molar refractivity (Wildman–Crippen MR) is 161 cm³/mol. The van der Waals surface area contributed by atoms with Crippen LogP contribution in [0.2, 0.25) is 0 Å². The van der Waals surface area contributed by atoms with E-state index in [-0.39, 0.29) is 62.3 Å². The second-order valence-corrected chi connectivity index (χ2v) is 10.9. The average molecular weight is 690 g/mol. The van der Waals surface area contributed by atoms with Crippen LogP contribution in [-0.4, -0.2) is 53.4 Å². The van der Waals surface area contributed by atoms with Gasteiger partial charge in [-0.15, -0.1) is 11.3 Å². The topological polar surface area (TPSA) is 188 Å². The third kappa shape index (κ3) is 13.7. The molecular weight excluding hydrogens is 651 g/mol. The van der Waals surface area contributed by atoms with E-state index in [1.165, 1.54) is 17.4 Å². The number of amides is 4. The zero-order valence-corrected chi connectivity index (χ0v) is 28.9. The molecule has 0 saturated heterocycles. The number of aliphatic hydroxyl groups is 1. The van der Waals surface area contributed by atoms with E-state index in [1.54, 1.807) is 50.4 Å². The van der Waals surface area contributed by atoms with E-state index in [0.29, 0.717) is 23.0 Å². The number of nitrogens with one attached hydrogen (secondary N) is 4. The van der Waals surface area contributed by atoms with Gasteiger partial charge in [-0.3, -0.25) is 14.4 Å². The van der Waals surface area contributed by atoms with E-state index in [4.69, 9.17) is 5.73 Å². The van der Waals surface area contributed by atoms with Crippen molar-refractivity contribution >= 4 is 46.6 Å². The molecule has 0 bridgehead atoms. The van der Waals surface area contributed by atoms with Gasteiger partial charge in [0.15, 0.2) is 0 Å². The van der Waals surface area contributed by atoms with Crippen molar-refractivity contribution in [1.29, 1.82) is 0 Å².